The first-order valence-corrected chi connectivity index (χ1v) is 9.41. The molecule has 112 valence electrons. The van der Waals surface area contributed by atoms with Crippen LogP contribution in [0.2, 0.25) is 0 Å². The van der Waals surface area contributed by atoms with Crippen LogP contribution in [0.5, 0.6) is 0 Å². The van der Waals surface area contributed by atoms with Gasteiger partial charge in [-0.25, -0.2) is 8.42 Å². The maximum atomic E-state index is 12.6. The molecular formula is C14H22N2O2S2. The fourth-order valence-corrected chi connectivity index (χ4v) is 5.13. The summed E-state index contributed by atoms with van der Waals surface area (Å²) < 4.78 is 26.8. The Bertz CT molecular complexity index is 541. The molecule has 1 aliphatic rings. The Balaban J connectivity index is 2.21. The number of thioether (sulfide) groups is 1. The second-order valence-electron chi connectivity index (χ2n) is 5.12. The van der Waals surface area contributed by atoms with E-state index in [0.29, 0.717) is 23.2 Å². The van der Waals surface area contributed by atoms with Crippen molar-refractivity contribution in [2.75, 3.05) is 18.8 Å². The SMILES string of the molecule is CCC1CN(S(=O)(=O)c2ccc(C(C)N)cc2)CCS1. The Hall–Kier alpha value is -0.560. The van der Waals surface area contributed by atoms with Crippen LogP contribution >= 0.6 is 11.8 Å². The first-order chi connectivity index (χ1) is 9.45. The Kier molecular flexibility index (Phi) is 5.12. The van der Waals surface area contributed by atoms with Gasteiger partial charge in [-0.3, -0.25) is 0 Å². The lowest BCUT2D eigenvalue weighted by Crippen LogP contribution is -2.41. The van der Waals surface area contributed by atoms with Crippen LogP contribution in [-0.2, 0) is 10.0 Å². The maximum Gasteiger partial charge on any atom is 0.243 e. The highest BCUT2D eigenvalue weighted by Gasteiger charge is 2.29. The molecule has 0 bridgehead atoms. The third-order valence-electron chi connectivity index (χ3n) is 3.60. The van der Waals surface area contributed by atoms with Gasteiger partial charge in [0.15, 0.2) is 0 Å². The number of hydrogen-bond donors (Lipinski definition) is 1. The van der Waals surface area contributed by atoms with Crippen LogP contribution in [0.15, 0.2) is 29.2 Å². The van der Waals surface area contributed by atoms with Crippen LogP contribution in [0.1, 0.15) is 31.9 Å². The molecule has 0 saturated carbocycles. The predicted molar refractivity (Wildman–Crippen MR) is 84.3 cm³/mol. The van der Waals surface area contributed by atoms with Gasteiger partial charge in [0.1, 0.15) is 0 Å². The second kappa shape index (κ2) is 6.47. The molecule has 1 saturated heterocycles. The van der Waals surface area contributed by atoms with Crippen LogP contribution in [-0.4, -0.2) is 36.8 Å². The van der Waals surface area contributed by atoms with Gasteiger partial charge in [0.25, 0.3) is 0 Å². The van der Waals surface area contributed by atoms with Crippen LogP contribution < -0.4 is 5.73 Å². The van der Waals surface area contributed by atoms with Crippen molar-refractivity contribution in [1.29, 1.82) is 0 Å². The van der Waals surface area contributed by atoms with E-state index in [1.54, 1.807) is 28.6 Å². The first kappa shape index (κ1) is 15.8. The Morgan fingerprint density at radius 2 is 2.05 bits per heavy atom. The molecule has 0 radical (unpaired) electrons. The smallest absolute Gasteiger partial charge is 0.243 e. The normalized spacial score (nSPS) is 22.6. The minimum Gasteiger partial charge on any atom is -0.324 e. The summed E-state index contributed by atoms with van der Waals surface area (Å²) >= 11 is 1.86. The van der Waals surface area contributed by atoms with Crippen molar-refractivity contribution < 1.29 is 8.42 Å². The molecule has 6 heteroatoms. The summed E-state index contributed by atoms with van der Waals surface area (Å²) in [6.07, 6.45) is 1.00. The van der Waals surface area contributed by atoms with Gasteiger partial charge in [0.05, 0.1) is 4.90 Å². The van der Waals surface area contributed by atoms with E-state index in [1.165, 1.54) is 0 Å². The maximum absolute atomic E-state index is 12.6. The number of sulfonamides is 1. The quantitative estimate of drug-likeness (QED) is 0.925. The summed E-state index contributed by atoms with van der Waals surface area (Å²) in [5.41, 5.74) is 6.74. The molecule has 4 nitrogen and oxygen atoms in total. The average Bonchev–Trinajstić information content (AvgIpc) is 2.47. The fraction of sp³-hybridized carbons (Fsp3) is 0.571. The Morgan fingerprint density at radius 3 is 2.60 bits per heavy atom. The zero-order valence-corrected chi connectivity index (χ0v) is 13.6. The Labute approximate surface area is 125 Å². The number of nitrogens with two attached hydrogens (primary N) is 1. The molecule has 20 heavy (non-hydrogen) atoms. The molecule has 1 aromatic carbocycles. The van der Waals surface area contributed by atoms with Gasteiger partial charge in [-0.15, -0.1) is 0 Å². The van der Waals surface area contributed by atoms with Crippen LogP contribution in [0, 0.1) is 0 Å². The van der Waals surface area contributed by atoms with E-state index in [9.17, 15) is 8.42 Å². The van der Waals surface area contributed by atoms with E-state index in [2.05, 4.69) is 6.92 Å². The molecule has 1 aromatic rings. The van der Waals surface area contributed by atoms with Crippen LogP contribution in [0.4, 0.5) is 0 Å². The van der Waals surface area contributed by atoms with E-state index < -0.39 is 10.0 Å². The van der Waals surface area contributed by atoms with E-state index >= 15 is 0 Å². The van der Waals surface area contributed by atoms with Crippen molar-refractivity contribution >= 4 is 21.8 Å². The molecule has 0 aliphatic carbocycles. The van der Waals surface area contributed by atoms with Gasteiger partial charge in [-0.2, -0.15) is 16.1 Å². The van der Waals surface area contributed by atoms with Crippen molar-refractivity contribution in [2.45, 2.75) is 36.5 Å². The summed E-state index contributed by atoms with van der Waals surface area (Å²) in [6.45, 7) is 5.19. The second-order valence-corrected chi connectivity index (χ2v) is 8.47. The van der Waals surface area contributed by atoms with E-state index in [-0.39, 0.29) is 6.04 Å². The standard InChI is InChI=1S/C14H22N2O2S2/c1-3-13-10-16(8-9-19-13)20(17,18)14-6-4-12(5-7-14)11(2)15/h4-7,11,13H,3,8-10,15H2,1-2H3. The topological polar surface area (TPSA) is 63.4 Å². The molecule has 2 N–H and O–H groups in total. The van der Waals surface area contributed by atoms with E-state index in [4.69, 9.17) is 5.73 Å². The molecule has 2 rings (SSSR count). The number of hydrogen-bond acceptors (Lipinski definition) is 4. The molecule has 1 heterocycles. The van der Waals surface area contributed by atoms with E-state index in [0.717, 1.165) is 17.7 Å². The summed E-state index contributed by atoms with van der Waals surface area (Å²) in [5.74, 6) is 0.871. The summed E-state index contributed by atoms with van der Waals surface area (Å²) in [7, 11) is -3.37. The molecule has 0 spiro atoms. The highest BCUT2D eigenvalue weighted by molar-refractivity contribution is 8.00. The lowest BCUT2D eigenvalue weighted by Gasteiger charge is -2.31. The van der Waals surface area contributed by atoms with Gasteiger partial charge in [-0.05, 0) is 31.0 Å². The minimum absolute atomic E-state index is 0.0809. The van der Waals surface area contributed by atoms with Gasteiger partial charge in [-0.1, -0.05) is 19.1 Å². The summed E-state index contributed by atoms with van der Waals surface area (Å²) in [5, 5.41) is 0.405. The molecule has 0 aromatic heterocycles. The number of nitrogens with zero attached hydrogens (tertiary/aromatic N) is 1. The van der Waals surface area contributed by atoms with Crippen molar-refractivity contribution in [2.24, 2.45) is 5.73 Å². The van der Waals surface area contributed by atoms with Crippen molar-refractivity contribution in [3.63, 3.8) is 0 Å². The van der Waals surface area contributed by atoms with Gasteiger partial charge >= 0.3 is 0 Å². The zero-order chi connectivity index (χ0) is 14.8. The summed E-state index contributed by atoms with van der Waals surface area (Å²) in [6, 6.07) is 6.84. The van der Waals surface area contributed by atoms with Crippen LogP contribution in [0.25, 0.3) is 0 Å². The first-order valence-electron chi connectivity index (χ1n) is 6.92. The van der Waals surface area contributed by atoms with Gasteiger partial charge < -0.3 is 5.73 Å². The number of rotatable bonds is 4. The third kappa shape index (κ3) is 3.36. The lowest BCUT2D eigenvalue weighted by molar-refractivity contribution is 0.416. The zero-order valence-electron chi connectivity index (χ0n) is 12.0. The van der Waals surface area contributed by atoms with Crippen molar-refractivity contribution in [3.8, 4) is 0 Å². The van der Waals surface area contributed by atoms with Crippen molar-refractivity contribution in [1.82, 2.24) is 4.31 Å². The molecule has 2 atom stereocenters. The Morgan fingerprint density at radius 1 is 1.40 bits per heavy atom. The van der Waals surface area contributed by atoms with Crippen LogP contribution in [0.3, 0.4) is 0 Å². The molecule has 1 fully saturated rings. The fourth-order valence-electron chi connectivity index (χ4n) is 2.25. The monoisotopic (exact) mass is 314 g/mol. The van der Waals surface area contributed by atoms with Gasteiger partial charge in [0.2, 0.25) is 10.0 Å². The third-order valence-corrected chi connectivity index (χ3v) is 6.85. The average molecular weight is 314 g/mol. The predicted octanol–water partition coefficient (Wildman–Crippen LogP) is 2.22. The minimum atomic E-state index is -3.37. The lowest BCUT2D eigenvalue weighted by atomic mass is 10.1. The largest absolute Gasteiger partial charge is 0.324 e. The molecule has 1 aliphatic heterocycles. The van der Waals surface area contributed by atoms with Gasteiger partial charge in [0, 0.05) is 30.1 Å². The highest BCUT2D eigenvalue weighted by atomic mass is 32.2. The molecule has 2 unspecified atom stereocenters. The number of benzene rings is 1. The van der Waals surface area contributed by atoms with Crippen molar-refractivity contribution in [3.05, 3.63) is 29.8 Å². The molecular weight excluding hydrogens is 292 g/mol. The summed E-state index contributed by atoms with van der Waals surface area (Å²) in [4.78, 5) is 0.364. The molecule has 0 amide bonds. The highest BCUT2D eigenvalue weighted by Crippen LogP contribution is 2.26. The van der Waals surface area contributed by atoms with E-state index in [1.807, 2.05) is 18.7 Å².